The fourth-order valence-corrected chi connectivity index (χ4v) is 3.65. The first-order valence-electron chi connectivity index (χ1n) is 9.29. The minimum atomic E-state index is 0.139. The molecule has 0 aromatic carbocycles. The van der Waals surface area contributed by atoms with E-state index in [1.807, 2.05) is 34.9 Å². The third-order valence-electron chi connectivity index (χ3n) is 4.98. The molecule has 2 aromatic heterocycles. The van der Waals surface area contributed by atoms with E-state index in [9.17, 15) is 4.79 Å². The van der Waals surface area contributed by atoms with Gasteiger partial charge in [0.15, 0.2) is 0 Å². The monoisotopic (exact) mass is 352 g/mol. The molecule has 4 heterocycles. The second kappa shape index (κ2) is 7.27. The van der Waals surface area contributed by atoms with Crippen LogP contribution in [-0.4, -0.2) is 50.4 Å². The fraction of sp³-hybridized carbons (Fsp3) is 0.474. The lowest BCUT2D eigenvalue weighted by molar-refractivity contribution is 0.138. The summed E-state index contributed by atoms with van der Waals surface area (Å²) in [5, 5.41) is 3.30. The highest BCUT2D eigenvalue weighted by Gasteiger charge is 2.28. The molecule has 0 spiro atoms. The smallest absolute Gasteiger partial charge is 0.320 e. The molecule has 7 nitrogen and oxygen atoms in total. The van der Waals surface area contributed by atoms with E-state index in [0.29, 0.717) is 13.1 Å². The molecular weight excluding hydrogens is 328 g/mol. The molecule has 1 N–H and O–H groups in total. The summed E-state index contributed by atoms with van der Waals surface area (Å²) in [5.74, 6) is 2.23. The largest absolute Gasteiger partial charge is 0.325 e. The predicted octanol–water partition coefficient (Wildman–Crippen LogP) is 2.89. The lowest BCUT2D eigenvalue weighted by Crippen LogP contribution is -2.47. The van der Waals surface area contributed by atoms with Gasteiger partial charge in [0.2, 0.25) is 0 Å². The van der Waals surface area contributed by atoms with Crippen molar-refractivity contribution in [1.29, 1.82) is 0 Å². The molecule has 136 valence electrons. The number of nitrogens with zero attached hydrogens (tertiary/aromatic N) is 5. The average Bonchev–Trinajstić information content (AvgIpc) is 2.68. The Bertz CT molecular complexity index is 788. The second-order valence-electron chi connectivity index (χ2n) is 6.89. The Kier molecular flexibility index (Phi) is 4.69. The number of aryl methyl sites for hydroxylation is 1. The first kappa shape index (κ1) is 16.8. The lowest BCUT2D eigenvalue weighted by Gasteiger charge is -2.35. The average molecular weight is 352 g/mol. The molecule has 1 saturated heterocycles. The number of anilines is 2. The Morgan fingerprint density at radius 2 is 1.92 bits per heavy atom. The molecule has 0 radical (unpaired) electrons. The normalized spacial score (nSPS) is 17.0. The summed E-state index contributed by atoms with van der Waals surface area (Å²) in [6.45, 7) is 4.88. The van der Waals surface area contributed by atoms with Gasteiger partial charge >= 0.3 is 6.03 Å². The molecule has 7 heteroatoms. The summed E-state index contributed by atoms with van der Waals surface area (Å²) in [5.41, 5.74) is 2.02. The van der Waals surface area contributed by atoms with Crippen LogP contribution < -0.4 is 5.32 Å². The van der Waals surface area contributed by atoms with Gasteiger partial charge in [0, 0.05) is 37.8 Å². The summed E-state index contributed by atoms with van der Waals surface area (Å²) in [6, 6.07) is 5.86. The second-order valence-corrected chi connectivity index (χ2v) is 6.89. The maximum atomic E-state index is 12.9. The number of pyridine rings is 1. The van der Waals surface area contributed by atoms with Crippen LogP contribution in [0.4, 0.5) is 16.4 Å². The van der Waals surface area contributed by atoms with Crippen LogP contribution in [0.3, 0.4) is 0 Å². The van der Waals surface area contributed by atoms with Crippen molar-refractivity contribution in [3.05, 3.63) is 41.5 Å². The molecule has 1 fully saturated rings. The zero-order valence-electron chi connectivity index (χ0n) is 15.1. The van der Waals surface area contributed by atoms with Crippen LogP contribution in [0.25, 0.3) is 0 Å². The number of nitrogens with one attached hydrogen (secondary N) is 1. The molecule has 0 atom stereocenters. The molecular formula is C19H24N6O. The number of urea groups is 1. The first-order chi connectivity index (χ1) is 12.7. The van der Waals surface area contributed by atoms with Crippen LogP contribution in [0.15, 0.2) is 24.4 Å². The Hall–Kier alpha value is -2.70. The van der Waals surface area contributed by atoms with Crippen molar-refractivity contribution < 1.29 is 4.79 Å². The van der Waals surface area contributed by atoms with Gasteiger partial charge in [0.25, 0.3) is 0 Å². The van der Waals surface area contributed by atoms with Crippen LogP contribution in [-0.2, 0) is 13.0 Å². The van der Waals surface area contributed by atoms with E-state index in [0.717, 1.165) is 61.1 Å². The molecule has 2 aromatic rings. The minimum absolute atomic E-state index is 0.139. The van der Waals surface area contributed by atoms with E-state index < -0.39 is 0 Å². The van der Waals surface area contributed by atoms with Crippen LogP contribution in [0.2, 0.25) is 0 Å². The van der Waals surface area contributed by atoms with Crippen molar-refractivity contribution >= 4 is 17.7 Å². The van der Waals surface area contributed by atoms with E-state index in [2.05, 4.69) is 20.3 Å². The number of piperidine rings is 1. The molecule has 2 aliphatic heterocycles. The Morgan fingerprint density at radius 1 is 1.08 bits per heavy atom. The number of fused-ring (bicyclic) bond motifs is 1. The number of amides is 2. The summed E-state index contributed by atoms with van der Waals surface area (Å²) >= 11 is 0. The standard InChI is InChI=1S/C19H24N6O/c1-14-21-16-8-12-25(19(26)24-10-5-2-6-11-24)13-15(16)18(22-14)23-17-7-3-4-9-20-17/h3-4,7,9H,2,5-6,8,10-13H2,1H3,(H,20,21,22,23). The molecule has 4 rings (SSSR count). The molecule has 2 amide bonds. The zero-order chi connectivity index (χ0) is 17.9. The third-order valence-corrected chi connectivity index (χ3v) is 4.98. The van der Waals surface area contributed by atoms with Crippen molar-refractivity contribution in [2.45, 2.75) is 39.2 Å². The van der Waals surface area contributed by atoms with E-state index in [1.165, 1.54) is 6.42 Å². The lowest BCUT2D eigenvalue weighted by atomic mass is 10.1. The van der Waals surface area contributed by atoms with Crippen LogP contribution >= 0.6 is 0 Å². The van der Waals surface area contributed by atoms with Crippen molar-refractivity contribution in [3.8, 4) is 0 Å². The van der Waals surface area contributed by atoms with Crippen molar-refractivity contribution in [3.63, 3.8) is 0 Å². The van der Waals surface area contributed by atoms with E-state index in [-0.39, 0.29) is 6.03 Å². The summed E-state index contributed by atoms with van der Waals surface area (Å²) in [4.78, 5) is 30.3. The number of aromatic nitrogens is 3. The molecule has 0 aliphatic carbocycles. The predicted molar refractivity (Wildman–Crippen MR) is 99.2 cm³/mol. The number of likely N-dealkylation sites (tertiary alicyclic amines) is 1. The maximum Gasteiger partial charge on any atom is 0.320 e. The molecule has 2 aliphatic rings. The first-order valence-corrected chi connectivity index (χ1v) is 9.29. The Labute approximate surface area is 153 Å². The summed E-state index contributed by atoms with van der Waals surface area (Å²) in [6.07, 6.45) is 5.93. The molecule has 0 bridgehead atoms. The van der Waals surface area contributed by atoms with Gasteiger partial charge in [-0.1, -0.05) is 6.07 Å². The Balaban J connectivity index is 1.58. The topological polar surface area (TPSA) is 74.2 Å². The quantitative estimate of drug-likeness (QED) is 0.899. The SMILES string of the molecule is Cc1nc2c(c(Nc3ccccn3)n1)CN(C(=O)N1CCCCC1)CC2. The van der Waals surface area contributed by atoms with Crippen LogP contribution in [0, 0.1) is 6.92 Å². The van der Waals surface area contributed by atoms with Crippen molar-refractivity contribution in [2.24, 2.45) is 0 Å². The van der Waals surface area contributed by atoms with Gasteiger partial charge in [-0.2, -0.15) is 0 Å². The van der Waals surface area contributed by atoms with Crippen molar-refractivity contribution in [1.82, 2.24) is 24.8 Å². The third kappa shape index (κ3) is 3.47. The number of hydrogen-bond acceptors (Lipinski definition) is 5. The van der Waals surface area contributed by atoms with Gasteiger partial charge in [-0.05, 0) is 38.3 Å². The highest BCUT2D eigenvalue weighted by atomic mass is 16.2. The molecule has 0 unspecified atom stereocenters. The van der Waals surface area contributed by atoms with Crippen LogP contribution in [0.5, 0.6) is 0 Å². The van der Waals surface area contributed by atoms with Gasteiger partial charge in [-0.25, -0.2) is 19.7 Å². The fourth-order valence-electron chi connectivity index (χ4n) is 3.65. The summed E-state index contributed by atoms with van der Waals surface area (Å²) in [7, 11) is 0. The number of hydrogen-bond donors (Lipinski definition) is 1. The van der Waals surface area contributed by atoms with Crippen LogP contribution in [0.1, 0.15) is 36.3 Å². The number of carbonyl (C=O) groups is 1. The van der Waals surface area contributed by atoms with Gasteiger partial charge in [-0.3, -0.25) is 0 Å². The van der Waals surface area contributed by atoms with Gasteiger partial charge in [0.05, 0.1) is 12.2 Å². The highest BCUT2D eigenvalue weighted by molar-refractivity contribution is 5.75. The van der Waals surface area contributed by atoms with Crippen molar-refractivity contribution in [2.75, 3.05) is 25.0 Å². The summed E-state index contributed by atoms with van der Waals surface area (Å²) < 4.78 is 0. The van der Waals surface area contributed by atoms with E-state index in [4.69, 9.17) is 0 Å². The Morgan fingerprint density at radius 3 is 2.69 bits per heavy atom. The van der Waals surface area contributed by atoms with Gasteiger partial charge in [-0.15, -0.1) is 0 Å². The van der Waals surface area contributed by atoms with Gasteiger partial charge < -0.3 is 15.1 Å². The maximum absolute atomic E-state index is 12.9. The zero-order valence-corrected chi connectivity index (χ0v) is 15.1. The minimum Gasteiger partial charge on any atom is -0.325 e. The molecule has 26 heavy (non-hydrogen) atoms. The number of carbonyl (C=O) groups excluding carboxylic acids is 1. The number of rotatable bonds is 2. The highest BCUT2D eigenvalue weighted by Crippen LogP contribution is 2.27. The van der Waals surface area contributed by atoms with Gasteiger partial charge in [0.1, 0.15) is 17.5 Å². The van der Waals surface area contributed by atoms with E-state index >= 15 is 0 Å². The molecule has 0 saturated carbocycles. The van der Waals surface area contributed by atoms with E-state index in [1.54, 1.807) is 6.20 Å².